The molecule has 0 radical (unpaired) electrons. The summed E-state index contributed by atoms with van der Waals surface area (Å²) in [7, 11) is 0. The number of fused-ring (bicyclic) bond motifs is 2. The second-order valence-corrected chi connectivity index (χ2v) is 12.9. The number of hydrogen-bond donors (Lipinski definition) is 2. The van der Waals surface area contributed by atoms with Gasteiger partial charge in [0.05, 0.1) is 23.7 Å². The maximum atomic E-state index is 13.9. The number of hydrogen-bond acceptors (Lipinski definition) is 6. The van der Waals surface area contributed by atoms with E-state index in [1.165, 1.54) is 24.7 Å². The Bertz CT molecular complexity index is 2080. The number of aromatic amines is 1. The van der Waals surface area contributed by atoms with Gasteiger partial charge >= 0.3 is 5.97 Å². The van der Waals surface area contributed by atoms with Gasteiger partial charge in [-0.3, -0.25) is 14.4 Å². The number of rotatable bonds is 6. The number of anilines is 1. The number of carboxylic acids is 1. The normalized spacial score (nSPS) is 16.8. The first-order valence-electron chi connectivity index (χ1n) is 16.5. The van der Waals surface area contributed by atoms with Crippen LogP contribution in [0.25, 0.3) is 33.5 Å². The van der Waals surface area contributed by atoms with E-state index in [9.17, 15) is 19.5 Å². The van der Waals surface area contributed by atoms with Gasteiger partial charge in [-0.2, -0.15) is 0 Å². The molecule has 3 aromatic carbocycles. The van der Waals surface area contributed by atoms with Gasteiger partial charge in [-0.25, -0.2) is 9.97 Å². The Morgan fingerprint density at radius 3 is 2.46 bits per heavy atom. The second kappa shape index (κ2) is 11.9. The number of carbonyl (C=O) groups excluding carboxylic acids is 2. The highest BCUT2D eigenvalue weighted by atomic mass is 16.5. The number of carboxylic acid groups (broad SMARTS) is 1. The number of aliphatic carboxylic acids is 1. The Kier molecular flexibility index (Phi) is 7.43. The number of piperidine rings is 1. The molecule has 5 aromatic rings. The standard InChI is InChI=1S/C38H35N5O5/c1-22-28(3-2-4-32(22)43-17-18-48-33-19-27(23-5-6-23)11-12-29(33)37(43)45)34-30-20-31(41-35(30)40-21-39-34)24-7-9-25(10-8-24)36(44)42-15-13-26(14-16-42)38(46)47/h2-4,7-12,19-21,23,26H,5-6,13-18H2,1H3,(H,46,47)(H,39,40,41). The van der Waals surface area contributed by atoms with Crippen LogP contribution in [-0.4, -0.2) is 69.0 Å². The van der Waals surface area contributed by atoms with Crippen molar-refractivity contribution in [3.63, 3.8) is 0 Å². The van der Waals surface area contributed by atoms with Crippen molar-refractivity contribution in [2.45, 2.75) is 38.5 Å². The number of carbonyl (C=O) groups is 3. The van der Waals surface area contributed by atoms with E-state index in [0.717, 1.165) is 39.2 Å². The van der Waals surface area contributed by atoms with Crippen LogP contribution in [0.5, 0.6) is 5.75 Å². The molecule has 1 saturated heterocycles. The average molecular weight is 642 g/mol. The molecule has 0 unspecified atom stereocenters. The Morgan fingerprint density at radius 2 is 1.71 bits per heavy atom. The third kappa shape index (κ3) is 5.36. The summed E-state index contributed by atoms with van der Waals surface area (Å²) in [5.41, 5.74) is 8.21. The molecular weight excluding hydrogens is 606 g/mol. The van der Waals surface area contributed by atoms with Crippen LogP contribution in [-0.2, 0) is 4.79 Å². The van der Waals surface area contributed by atoms with Crippen LogP contribution in [0.4, 0.5) is 5.69 Å². The molecule has 0 bridgehead atoms. The van der Waals surface area contributed by atoms with Crippen LogP contribution >= 0.6 is 0 Å². The number of nitrogens with zero attached hydrogens (tertiary/aromatic N) is 4. The lowest BCUT2D eigenvalue weighted by Crippen LogP contribution is -2.40. The number of benzene rings is 3. The van der Waals surface area contributed by atoms with E-state index >= 15 is 0 Å². The van der Waals surface area contributed by atoms with Crippen LogP contribution in [0.15, 0.2) is 73.1 Å². The molecule has 2 amide bonds. The molecule has 0 spiro atoms. The lowest BCUT2D eigenvalue weighted by atomic mass is 9.96. The summed E-state index contributed by atoms with van der Waals surface area (Å²) in [6, 6.07) is 21.4. The number of H-pyrrole nitrogens is 1. The molecule has 8 rings (SSSR count). The number of aromatic nitrogens is 3. The molecule has 0 atom stereocenters. The van der Waals surface area contributed by atoms with Gasteiger partial charge in [0.25, 0.3) is 11.8 Å². The highest BCUT2D eigenvalue weighted by molar-refractivity contribution is 6.09. The van der Waals surface area contributed by atoms with E-state index in [0.29, 0.717) is 67.5 Å². The molecule has 242 valence electrons. The number of amides is 2. The van der Waals surface area contributed by atoms with Gasteiger partial charge in [0.15, 0.2) is 0 Å². The first kappa shape index (κ1) is 29.9. The van der Waals surface area contributed by atoms with E-state index in [1.807, 2.05) is 55.5 Å². The predicted octanol–water partition coefficient (Wildman–Crippen LogP) is 6.45. The number of ether oxygens (including phenoxy) is 1. The Hall–Kier alpha value is -5.51. The zero-order chi connectivity index (χ0) is 32.9. The summed E-state index contributed by atoms with van der Waals surface area (Å²) in [5.74, 6) is -0.107. The lowest BCUT2D eigenvalue weighted by molar-refractivity contribution is -0.143. The summed E-state index contributed by atoms with van der Waals surface area (Å²) < 4.78 is 6.08. The second-order valence-electron chi connectivity index (χ2n) is 12.9. The van der Waals surface area contributed by atoms with E-state index in [2.05, 4.69) is 16.0 Å². The first-order valence-corrected chi connectivity index (χ1v) is 16.5. The zero-order valence-corrected chi connectivity index (χ0v) is 26.6. The van der Waals surface area contributed by atoms with Gasteiger partial charge in [0.2, 0.25) is 0 Å². The Balaban J connectivity index is 1.06. The summed E-state index contributed by atoms with van der Waals surface area (Å²) in [6.07, 6.45) is 4.86. The fourth-order valence-corrected chi connectivity index (χ4v) is 7.02. The Morgan fingerprint density at radius 1 is 0.917 bits per heavy atom. The number of likely N-dealkylation sites (tertiary alicyclic amines) is 1. The quantitative estimate of drug-likeness (QED) is 0.218. The fraction of sp³-hybridized carbons (Fsp3) is 0.289. The lowest BCUT2D eigenvalue weighted by Gasteiger charge is -2.30. The van der Waals surface area contributed by atoms with Crippen LogP contribution in [0.1, 0.15) is 63.4 Å². The molecule has 2 aromatic heterocycles. The van der Waals surface area contributed by atoms with Crippen molar-refractivity contribution >= 4 is 34.5 Å². The Labute approximate surface area is 277 Å². The number of nitrogens with one attached hydrogen (secondary N) is 1. The highest BCUT2D eigenvalue weighted by Crippen LogP contribution is 2.42. The molecule has 10 nitrogen and oxygen atoms in total. The third-order valence-corrected chi connectivity index (χ3v) is 9.95. The SMILES string of the molecule is Cc1c(-c2ncnc3[nH]c(-c4ccc(C(=O)N5CCC(C(=O)O)CC5)cc4)cc23)cccc1N1CCOc2cc(C3CC3)ccc2C1=O. The molecule has 2 fully saturated rings. The fourth-order valence-electron chi connectivity index (χ4n) is 7.02. The van der Waals surface area contributed by atoms with Gasteiger partial charge < -0.3 is 24.6 Å². The van der Waals surface area contributed by atoms with Gasteiger partial charge in [-0.1, -0.05) is 30.3 Å². The molecule has 1 saturated carbocycles. The van der Waals surface area contributed by atoms with Crippen molar-refractivity contribution in [2.24, 2.45) is 5.92 Å². The topological polar surface area (TPSA) is 129 Å². The minimum Gasteiger partial charge on any atom is -0.491 e. The molecule has 10 heteroatoms. The van der Waals surface area contributed by atoms with E-state index in [4.69, 9.17) is 9.72 Å². The molecule has 2 aliphatic heterocycles. The third-order valence-electron chi connectivity index (χ3n) is 9.95. The van der Waals surface area contributed by atoms with Crippen LogP contribution in [0, 0.1) is 12.8 Å². The maximum absolute atomic E-state index is 13.9. The highest BCUT2D eigenvalue weighted by Gasteiger charge is 2.30. The van der Waals surface area contributed by atoms with Gasteiger partial charge in [0.1, 0.15) is 24.3 Å². The molecule has 1 aliphatic carbocycles. The molecule has 4 heterocycles. The predicted molar refractivity (Wildman–Crippen MR) is 181 cm³/mol. The van der Waals surface area contributed by atoms with Gasteiger partial charge in [-0.15, -0.1) is 0 Å². The van der Waals surface area contributed by atoms with E-state index < -0.39 is 5.97 Å². The molecule has 48 heavy (non-hydrogen) atoms. The van der Waals surface area contributed by atoms with E-state index in [-0.39, 0.29) is 17.7 Å². The summed E-state index contributed by atoms with van der Waals surface area (Å²) in [4.78, 5) is 54.4. The monoisotopic (exact) mass is 641 g/mol. The molecule has 3 aliphatic rings. The smallest absolute Gasteiger partial charge is 0.306 e. The first-order chi connectivity index (χ1) is 23.4. The minimum absolute atomic E-state index is 0.0754. The van der Waals surface area contributed by atoms with Gasteiger partial charge in [0, 0.05) is 41.0 Å². The van der Waals surface area contributed by atoms with Crippen molar-refractivity contribution in [1.29, 1.82) is 0 Å². The summed E-state index contributed by atoms with van der Waals surface area (Å²) in [6.45, 7) is 3.74. The van der Waals surface area contributed by atoms with Crippen molar-refractivity contribution < 1.29 is 24.2 Å². The van der Waals surface area contributed by atoms with Crippen LogP contribution in [0.2, 0.25) is 0 Å². The maximum Gasteiger partial charge on any atom is 0.306 e. The summed E-state index contributed by atoms with van der Waals surface area (Å²) >= 11 is 0. The van der Waals surface area contributed by atoms with E-state index in [1.54, 1.807) is 21.9 Å². The zero-order valence-electron chi connectivity index (χ0n) is 26.6. The van der Waals surface area contributed by atoms with Gasteiger partial charge in [-0.05, 0) is 91.6 Å². The van der Waals surface area contributed by atoms with Crippen LogP contribution < -0.4 is 9.64 Å². The van der Waals surface area contributed by atoms with Crippen molar-refractivity contribution in [3.05, 3.63) is 95.3 Å². The largest absolute Gasteiger partial charge is 0.491 e. The molecule has 2 N–H and O–H groups in total. The van der Waals surface area contributed by atoms with Crippen molar-refractivity contribution in [1.82, 2.24) is 19.9 Å². The molecular formula is C38H35N5O5. The van der Waals surface area contributed by atoms with Crippen LogP contribution in [0.3, 0.4) is 0 Å². The van der Waals surface area contributed by atoms with Crippen molar-refractivity contribution in [2.75, 3.05) is 31.1 Å². The average Bonchev–Trinajstić information content (AvgIpc) is 3.90. The van der Waals surface area contributed by atoms with Crippen molar-refractivity contribution in [3.8, 4) is 28.3 Å². The summed E-state index contributed by atoms with van der Waals surface area (Å²) in [5, 5.41) is 10.1. The minimum atomic E-state index is -0.795.